The van der Waals surface area contributed by atoms with E-state index in [1.165, 1.54) is 0 Å². The molecule has 0 aliphatic carbocycles. The van der Waals surface area contributed by atoms with Gasteiger partial charge in [-0.25, -0.2) is 9.37 Å². The fourth-order valence-electron chi connectivity index (χ4n) is 3.01. The fraction of sp³-hybridized carbons (Fsp3) is 0.353. The lowest BCUT2D eigenvalue weighted by atomic mass is 10.1. The van der Waals surface area contributed by atoms with Gasteiger partial charge in [0.05, 0.1) is 0 Å². The Morgan fingerprint density at radius 2 is 2.08 bits per heavy atom. The molecule has 1 aliphatic heterocycles. The average Bonchev–Trinajstić information content (AvgIpc) is 3.05. The van der Waals surface area contributed by atoms with Crippen LogP contribution in [0.15, 0.2) is 24.3 Å². The van der Waals surface area contributed by atoms with Crippen molar-refractivity contribution in [3.63, 3.8) is 0 Å². The van der Waals surface area contributed by atoms with Crippen molar-refractivity contribution in [1.29, 1.82) is 0 Å². The fourth-order valence-corrected chi connectivity index (χ4v) is 3.16. The number of aromatic nitrogens is 4. The van der Waals surface area contributed by atoms with Crippen molar-refractivity contribution in [3.05, 3.63) is 30.0 Å². The standard InChI is InChI=1S/C17H19FN6OS/c1-9-14-16(23-22-9)20-15(10-2-4-11(24-26)5-3-10)21-17(14)25-13-6-7-19-8-12(13)18/h2-5,12-13,19,24,26H,6-8H2,1H3,(H,20,21,22,23). The van der Waals surface area contributed by atoms with Crippen molar-refractivity contribution >= 4 is 29.5 Å². The van der Waals surface area contributed by atoms with E-state index in [-0.39, 0.29) is 6.54 Å². The molecule has 0 bridgehead atoms. The molecule has 3 aromatic rings. The van der Waals surface area contributed by atoms with Gasteiger partial charge in [0.25, 0.3) is 0 Å². The SMILES string of the molecule is Cc1[nH]nc2nc(-c3ccc(NS)cc3)nc(OC3CCNCC3F)c12. The van der Waals surface area contributed by atoms with Crippen LogP contribution in [0.2, 0.25) is 0 Å². The second-order valence-electron chi connectivity index (χ2n) is 6.25. The molecule has 0 amide bonds. The predicted molar refractivity (Wildman–Crippen MR) is 101 cm³/mol. The monoisotopic (exact) mass is 374 g/mol. The van der Waals surface area contributed by atoms with Gasteiger partial charge in [0.1, 0.15) is 17.7 Å². The summed E-state index contributed by atoms with van der Waals surface area (Å²) in [5, 5.41) is 10.8. The summed E-state index contributed by atoms with van der Waals surface area (Å²) in [4.78, 5) is 9.08. The highest BCUT2D eigenvalue weighted by atomic mass is 32.1. The third-order valence-corrected chi connectivity index (χ3v) is 4.70. The lowest BCUT2D eigenvalue weighted by Gasteiger charge is -2.27. The number of halogens is 1. The maximum atomic E-state index is 14.2. The molecule has 9 heteroatoms. The molecule has 136 valence electrons. The molecule has 26 heavy (non-hydrogen) atoms. The number of ether oxygens (including phenoxy) is 1. The van der Waals surface area contributed by atoms with E-state index in [9.17, 15) is 4.39 Å². The van der Waals surface area contributed by atoms with Gasteiger partial charge >= 0.3 is 0 Å². The van der Waals surface area contributed by atoms with Crippen molar-refractivity contribution < 1.29 is 9.13 Å². The van der Waals surface area contributed by atoms with Crippen LogP contribution in [0, 0.1) is 6.92 Å². The molecule has 0 radical (unpaired) electrons. The summed E-state index contributed by atoms with van der Waals surface area (Å²) >= 11 is 4.03. The number of nitrogens with zero attached hydrogens (tertiary/aromatic N) is 3. The number of thiol groups is 1. The molecule has 0 saturated carbocycles. The number of fused-ring (bicyclic) bond motifs is 1. The van der Waals surface area contributed by atoms with E-state index < -0.39 is 12.3 Å². The first-order valence-corrected chi connectivity index (χ1v) is 8.85. The molecule has 4 rings (SSSR count). The topological polar surface area (TPSA) is 87.8 Å². The molecule has 3 N–H and O–H groups in total. The number of aromatic amines is 1. The Kier molecular flexibility index (Phi) is 4.64. The van der Waals surface area contributed by atoms with Crippen LogP contribution in [0.3, 0.4) is 0 Å². The Balaban J connectivity index is 1.75. The van der Waals surface area contributed by atoms with E-state index in [1.807, 2.05) is 31.2 Å². The Morgan fingerprint density at radius 1 is 1.27 bits per heavy atom. The van der Waals surface area contributed by atoms with Crippen LogP contribution in [0.4, 0.5) is 10.1 Å². The van der Waals surface area contributed by atoms with E-state index in [0.717, 1.165) is 16.9 Å². The molecule has 3 heterocycles. The van der Waals surface area contributed by atoms with Gasteiger partial charge in [-0.15, -0.1) is 0 Å². The van der Waals surface area contributed by atoms with E-state index in [1.54, 1.807) is 0 Å². The normalized spacial score (nSPS) is 20.3. The van der Waals surface area contributed by atoms with Gasteiger partial charge in [-0.2, -0.15) is 10.1 Å². The van der Waals surface area contributed by atoms with Crippen LogP contribution >= 0.6 is 12.8 Å². The summed E-state index contributed by atoms with van der Waals surface area (Å²) < 4.78 is 22.9. The third kappa shape index (κ3) is 3.19. The zero-order chi connectivity index (χ0) is 18.1. The Labute approximate surface area is 155 Å². The van der Waals surface area contributed by atoms with Crippen LogP contribution in [-0.2, 0) is 0 Å². The molecule has 2 aromatic heterocycles. The van der Waals surface area contributed by atoms with Gasteiger partial charge in [-0.1, -0.05) is 12.8 Å². The maximum Gasteiger partial charge on any atom is 0.229 e. The molecular weight excluding hydrogens is 355 g/mol. The van der Waals surface area contributed by atoms with Crippen LogP contribution < -0.4 is 14.8 Å². The van der Waals surface area contributed by atoms with Crippen LogP contribution in [0.25, 0.3) is 22.4 Å². The Hall–Kier alpha value is -2.39. The minimum atomic E-state index is -1.08. The first-order chi connectivity index (χ1) is 12.7. The zero-order valence-electron chi connectivity index (χ0n) is 14.2. The molecule has 1 fully saturated rings. The molecule has 2 atom stereocenters. The first kappa shape index (κ1) is 17.0. The van der Waals surface area contributed by atoms with Crippen molar-refractivity contribution in [2.24, 2.45) is 0 Å². The number of anilines is 1. The predicted octanol–water partition coefficient (Wildman–Crippen LogP) is 2.66. The minimum Gasteiger partial charge on any atom is -0.471 e. The van der Waals surface area contributed by atoms with Crippen molar-refractivity contribution in [2.45, 2.75) is 25.6 Å². The van der Waals surface area contributed by atoms with Gasteiger partial charge < -0.3 is 14.8 Å². The molecule has 1 aliphatic rings. The van der Waals surface area contributed by atoms with Gasteiger partial charge in [-0.3, -0.25) is 5.10 Å². The average molecular weight is 374 g/mol. The Morgan fingerprint density at radius 3 is 2.81 bits per heavy atom. The molecular formula is C17H19FN6OS. The quantitative estimate of drug-likeness (QED) is 0.525. The maximum absolute atomic E-state index is 14.2. The molecule has 0 spiro atoms. The van der Waals surface area contributed by atoms with Crippen molar-refractivity contribution in [1.82, 2.24) is 25.5 Å². The van der Waals surface area contributed by atoms with Crippen molar-refractivity contribution in [3.8, 4) is 17.3 Å². The number of hydrogen-bond donors (Lipinski definition) is 4. The van der Waals surface area contributed by atoms with E-state index in [0.29, 0.717) is 35.7 Å². The van der Waals surface area contributed by atoms with E-state index in [2.05, 4.69) is 43.0 Å². The van der Waals surface area contributed by atoms with Crippen LogP contribution in [0.1, 0.15) is 12.1 Å². The van der Waals surface area contributed by atoms with Gasteiger partial charge in [0.2, 0.25) is 5.88 Å². The summed E-state index contributed by atoms with van der Waals surface area (Å²) in [7, 11) is 0. The van der Waals surface area contributed by atoms with Gasteiger partial charge in [-0.05, 0) is 44.2 Å². The smallest absolute Gasteiger partial charge is 0.229 e. The van der Waals surface area contributed by atoms with Crippen LogP contribution in [0.5, 0.6) is 5.88 Å². The summed E-state index contributed by atoms with van der Waals surface area (Å²) in [6.07, 6.45) is -1.03. The lowest BCUT2D eigenvalue weighted by molar-refractivity contribution is 0.0707. The number of H-pyrrole nitrogens is 1. The van der Waals surface area contributed by atoms with E-state index >= 15 is 0 Å². The first-order valence-electron chi connectivity index (χ1n) is 8.40. The molecule has 1 aromatic carbocycles. The molecule has 1 saturated heterocycles. The molecule has 2 unspecified atom stereocenters. The summed E-state index contributed by atoms with van der Waals surface area (Å²) in [6.45, 7) is 2.87. The second kappa shape index (κ2) is 7.08. The van der Waals surface area contributed by atoms with Gasteiger partial charge in [0.15, 0.2) is 11.5 Å². The number of alkyl halides is 1. The summed E-state index contributed by atoms with van der Waals surface area (Å²) in [5.41, 5.74) is 2.97. The highest BCUT2D eigenvalue weighted by Gasteiger charge is 2.28. The van der Waals surface area contributed by atoms with Gasteiger partial charge in [0, 0.05) is 23.5 Å². The lowest BCUT2D eigenvalue weighted by Crippen LogP contribution is -2.44. The Bertz CT molecular complexity index is 916. The summed E-state index contributed by atoms with van der Waals surface area (Å²) in [5.74, 6) is 0.844. The third-order valence-electron chi connectivity index (χ3n) is 4.44. The largest absolute Gasteiger partial charge is 0.471 e. The highest BCUT2D eigenvalue weighted by molar-refractivity contribution is 7.81. The highest BCUT2D eigenvalue weighted by Crippen LogP contribution is 2.30. The number of rotatable bonds is 4. The molecule has 7 nitrogen and oxygen atoms in total. The number of nitrogens with one attached hydrogen (secondary N) is 3. The van der Waals surface area contributed by atoms with E-state index in [4.69, 9.17) is 4.74 Å². The number of aryl methyl sites for hydroxylation is 1. The zero-order valence-corrected chi connectivity index (χ0v) is 15.1. The number of hydrogen-bond acceptors (Lipinski definition) is 7. The number of benzene rings is 1. The van der Waals surface area contributed by atoms with Crippen molar-refractivity contribution in [2.75, 3.05) is 17.8 Å². The number of piperidine rings is 1. The minimum absolute atomic E-state index is 0.286. The summed E-state index contributed by atoms with van der Waals surface area (Å²) in [6, 6.07) is 7.50. The second-order valence-corrected chi connectivity index (χ2v) is 6.48. The van der Waals surface area contributed by atoms with Crippen LogP contribution in [-0.4, -0.2) is 45.5 Å².